The van der Waals surface area contributed by atoms with Crippen molar-refractivity contribution < 1.29 is 27.6 Å². The molecule has 3 rings (SSSR count). The largest absolute Gasteiger partial charge is 0.416 e. The first-order valence-corrected chi connectivity index (χ1v) is 9.15. The molecule has 28 heavy (non-hydrogen) atoms. The van der Waals surface area contributed by atoms with Crippen LogP contribution in [0.2, 0.25) is 0 Å². The highest BCUT2D eigenvalue weighted by Gasteiger charge is 2.31. The SMILES string of the molecule is O=C1NC(=O)C(Cc2ccc(C(=O)NCc3cccc(C(F)(F)F)c3)cc2)S1. The first-order valence-electron chi connectivity index (χ1n) is 8.27. The van der Waals surface area contributed by atoms with Crippen LogP contribution in [0.5, 0.6) is 0 Å². The van der Waals surface area contributed by atoms with E-state index in [-0.39, 0.29) is 17.7 Å². The van der Waals surface area contributed by atoms with Crippen LogP contribution in [0.25, 0.3) is 0 Å². The Balaban J connectivity index is 1.58. The third-order valence-corrected chi connectivity index (χ3v) is 5.09. The lowest BCUT2D eigenvalue weighted by Crippen LogP contribution is -2.25. The standard InChI is InChI=1S/C19H15F3N2O3S/c20-19(21,22)14-3-1-2-12(8-14)10-23-16(25)13-6-4-11(5-7-13)9-15-17(26)24-18(27)28-15/h1-8,15H,9-10H2,(H,23,25)(H,24,26,27). The van der Waals surface area contributed by atoms with Gasteiger partial charge in [-0.2, -0.15) is 13.2 Å². The number of imide groups is 1. The molecule has 2 aromatic rings. The number of alkyl halides is 3. The molecule has 0 radical (unpaired) electrons. The Hall–Kier alpha value is -2.81. The summed E-state index contributed by atoms with van der Waals surface area (Å²) < 4.78 is 38.2. The molecule has 2 aromatic carbocycles. The van der Waals surface area contributed by atoms with Crippen LogP contribution in [-0.2, 0) is 23.9 Å². The zero-order valence-corrected chi connectivity index (χ0v) is 15.2. The topological polar surface area (TPSA) is 75.3 Å². The van der Waals surface area contributed by atoms with Crippen LogP contribution in [0.1, 0.15) is 27.0 Å². The third kappa shape index (κ3) is 4.92. The second-order valence-electron chi connectivity index (χ2n) is 6.17. The molecule has 1 unspecified atom stereocenters. The molecule has 0 aromatic heterocycles. The summed E-state index contributed by atoms with van der Waals surface area (Å²) >= 11 is 0.929. The Labute approximate surface area is 162 Å². The van der Waals surface area contributed by atoms with Gasteiger partial charge in [-0.05, 0) is 41.8 Å². The summed E-state index contributed by atoms with van der Waals surface area (Å²) in [7, 11) is 0. The normalized spacial score (nSPS) is 16.8. The molecule has 1 saturated heterocycles. The van der Waals surface area contributed by atoms with Gasteiger partial charge in [-0.3, -0.25) is 19.7 Å². The van der Waals surface area contributed by atoms with Gasteiger partial charge in [-0.15, -0.1) is 0 Å². The number of halogens is 3. The molecule has 0 spiro atoms. The summed E-state index contributed by atoms with van der Waals surface area (Å²) in [5.41, 5.74) is 0.705. The number of hydrogen-bond donors (Lipinski definition) is 2. The van der Waals surface area contributed by atoms with E-state index in [2.05, 4.69) is 10.6 Å². The van der Waals surface area contributed by atoms with E-state index in [1.54, 1.807) is 24.3 Å². The van der Waals surface area contributed by atoms with Crippen LogP contribution < -0.4 is 10.6 Å². The number of hydrogen-bond acceptors (Lipinski definition) is 4. The van der Waals surface area contributed by atoms with E-state index >= 15 is 0 Å². The fourth-order valence-electron chi connectivity index (χ4n) is 2.68. The summed E-state index contributed by atoms with van der Waals surface area (Å²) in [5, 5.41) is 3.93. The number of benzene rings is 2. The van der Waals surface area contributed by atoms with Crippen LogP contribution in [-0.4, -0.2) is 22.3 Å². The predicted octanol–water partition coefficient (Wildman–Crippen LogP) is 3.53. The van der Waals surface area contributed by atoms with E-state index < -0.39 is 22.9 Å². The highest BCUT2D eigenvalue weighted by Crippen LogP contribution is 2.29. The highest BCUT2D eigenvalue weighted by atomic mass is 32.2. The van der Waals surface area contributed by atoms with Crippen LogP contribution in [0, 0.1) is 0 Å². The fraction of sp³-hybridized carbons (Fsp3) is 0.211. The molecule has 9 heteroatoms. The van der Waals surface area contributed by atoms with Gasteiger partial charge in [-0.1, -0.05) is 36.0 Å². The molecule has 1 aliphatic rings. The van der Waals surface area contributed by atoms with Crippen molar-refractivity contribution in [3.05, 3.63) is 70.8 Å². The molecule has 1 aliphatic heterocycles. The third-order valence-electron chi connectivity index (χ3n) is 4.11. The van der Waals surface area contributed by atoms with Crippen molar-refractivity contribution in [1.29, 1.82) is 0 Å². The molecule has 0 aliphatic carbocycles. The van der Waals surface area contributed by atoms with E-state index in [1.165, 1.54) is 12.1 Å². The van der Waals surface area contributed by atoms with Gasteiger partial charge < -0.3 is 5.32 Å². The van der Waals surface area contributed by atoms with Gasteiger partial charge >= 0.3 is 6.18 Å². The fourth-order valence-corrected chi connectivity index (χ4v) is 3.54. The summed E-state index contributed by atoms with van der Waals surface area (Å²) in [5.74, 6) is -0.759. The van der Waals surface area contributed by atoms with Gasteiger partial charge in [-0.25, -0.2) is 0 Å². The average Bonchev–Trinajstić information content (AvgIpc) is 2.97. The van der Waals surface area contributed by atoms with E-state index in [9.17, 15) is 27.6 Å². The zero-order valence-electron chi connectivity index (χ0n) is 14.4. The summed E-state index contributed by atoms with van der Waals surface area (Å²) in [4.78, 5) is 35.0. The lowest BCUT2D eigenvalue weighted by molar-refractivity contribution is -0.137. The summed E-state index contributed by atoms with van der Waals surface area (Å²) in [6.07, 6.45) is -4.08. The minimum Gasteiger partial charge on any atom is -0.348 e. The number of nitrogens with one attached hydrogen (secondary N) is 2. The maximum absolute atomic E-state index is 12.7. The first-order chi connectivity index (χ1) is 13.2. The number of thioether (sulfide) groups is 1. The molecule has 2 N–H and O–H groups in total. The Morgan fingerprint density at radius 1 is 1.07 bits per heavy atom. The summed E-state index contributed by atoms with van der Waals surface area (Å²) in [6, 6.07) is 11.2. The van der Waals surface area contributed by atoms with Gasteiger partial charge in [0.05, 0.1) is 10.8 Å². The minimum absolute atomic E-state index is 0.0362. The van der Waals surface area contributed by atoms with E-state index in [4.69, 9.17) is 0 Å². The van der Waals surface area contributed by atoms with Crippen LogP contribution >= 0.6 is 11.8 Å². The van der Waals surface area contributed by atoms with E-state index in [0.717, 1.165) is 29.5 Å². The quantitative estimate of drug-likeness (QED) is 0.794. The highest BCUT2D eigenvalue weighted by molar-refractivity contribution is 8.15. The van der Waals surface area contributed by atoms with Crippen molar-refractivity contribution in [2.24, 2.45) is 0 Å². The van der Waals surface area contributed by atoms with E-state index in [0.29, 0.717) is 17.5 Å². The second kappa shape index (κ2) is 8.05. The Kier molecular flexibility index (Phi) is 5.73. The van der Waals surface area contributed by atoms with Crippen LogP contribution in [0.3, 0.4) is 0 Å². The molecule has 1 fully saturated rings. The molecule has 146 valence electrons. The maximum atomic E-state index is 12.7. The van der Waals surface area contributed by atoms with Crippen molar-refractivity contribution in [2.75, 3.05) is 0 Å². The number of carbonyl (C=O) groups is 3. The van der Waals surface area contributed by atoms with Gasteiger partial charge in [0, 0.05) is 12.1 Å². The van der Waals surface area contributed by atoms with Crippen molar-refractivity contribution in [1.82, 2.24) is 10.6 Å². The molecular weight excluding hydrogens is 393 g/mol. The van der Waals surface area contributed by atoms with Crippen molar-refractivity contribution in [2.45, 2.75) is 24.4 Å². The smallest absolute Gasteiger partial charge is 0.348 e. The van der Waals surface area contributed by atoms with Gasteiger partial charge in [0.2, 0.25) is 5.91 Å². The molecule has 1 heterocycles. The lowest BCUT2D eigenvalue weighted by atomic mass is 10.1. The van der Waals surface area contributed by atoms with Crippen molar-refractivity contribution >= 4 is 28.8 Å². The molecule has 1 atom stereocenters. The minimum atomic E-state index is -4.44. The average molecular weight is 408 g/mol. The van der Waals surface area contributed by atoms with Crippen molar-refractivity contribution in [3.8, 4) is 0 Å². The van der Waals surface area contributed by atoms with Gasteiger partial charge in [0.1, 0.15) is 0 Å². The first kappa shape index (κ1) is 19.9. The Morgan fingerprint density at radius 3 is 2.39 bits per heavy atom. The zero-order chi connectivity index (χ0) is 20.3. The lowest BCUT2D eigenvalue weighted by Gasteiger charge is -2.10. The van der Waals surface area contributed by atoms with E-state index in [1.807, 2.05) is 0 Å². The van der Waals surface area contributed by atoms with Gasteiger partial charge in [0.15, 0.2) is 0 Å². The Morgan fingerprint density at radius 2 is 1.79 bits per heavy atom. The van der Waals surface area contributed by atoms with Crippen LogP contribution in [0.15, 0.2) is 48.5 Å². The Bertz CT molecular complexity index is 913. The number of carbonyl (C=O) groups excluding carboxylic acids is 3. The van der Waals surface area contributed by atoms with Gasteiger partial charge in [0.25, 0.3) is 11.1 Å². The molecule has 0 saturated carbocycles. The molecule has 0 bridgehead atoms. The monoisotopic (exact) mass is 408 g/mol. The number of rotatable bonds is 5. The molecular formula is C19H15F3N2O3S. The van der Waals surface area contributed by atoms with Crippen molar-refractivity contribution in [3.63, 3.8) is 0 Å². The maximum Gasteiger partial charge on any atom is 0.416 e. The summed E-state index contributed by atoms with van der Waals surface area (Å²) in [6.45, 7) is -0.0362. The predicted molar refractivity (Wildman–Crippen MR) is 97.7 cm³/mol. The second-order valence-corrected chi connectivity index (χ2v) is 7.34. The van der Waals surface area contributed by atoms with Crippen LogP contribution in [0.4, 0.5) is 18.0 Å². The molecule has 3 amide bonds. The molecule has 5 nitrogen and oxygen atoms in total. The number of amides is 3.